The first kappa shape index (κ1) is 18.5. The molecule has 2 aliphatic rings. The maximum atomic E-state index is 13.1. The van der Waals surface area contributed by atoms with Crippen LogP contribution < -0.4 is 0 Å². The second-order valence-electron chi connectivity index (χ2n) is 7.20. The van der Waals surface area contributed by atoms with E-state index in [2.05, 4.69) is 15.1 Å². The minimum absolute atomic E-state index is 0.295. The third-order valence-corrected chi connectivity index (χ3v) is 7.67. The van der Waals surface area contributed by atoms with Crippen LogP contribution in [0.25, 0.3) is 0 Å². The second kappa shape index (κ2) is 6.65. The van der Waals surface area contributed by atoms with E-state index in [9.17, 15) is 8.42 Å². The molecule has 0 amide bonds. The molecule has 0 radical (unpaired) electrons. The Kier molecular flexibility index (Phi) is 4.56. The molecule has 0 atom stereocenters. The first-order valence-electron chi connectivity index (χ1n) is 9.37. The van der Waals surface area contributed by atoms with Crippen molar-refractivity contribution in [2.45, 2.75) is 57.1 Å². The fourth-order valence-corrected chi connectivity index (χ4v) is 5.71. The van der Waals surface area contributed by atoms with E-state index in [-0.39, 0.29) is 0 Å². The standard InChI is InChI=1S/C18H25N5O3S/c1-4-23-13(2)16(12-20-23)27(24,25)22-8-6-18(7-9-22)17-15(5-10-26-18)11-19-14(3)21-17/h11-12H,4-10H2,1-3H3. The molecule has 0 aliphatic carbocycles. The summed E-state index contributed by atoms with van der Waals surface area (Å²) in [5, 5.41) is 4.19. The van der Waals surface area contributed by atoms with Gasteiger partial charge in [-0.2, -0.15) is 9.40 Å². The number of fused-ring (bicyclic) bond motifs is 2. The van der Waals surface area contributed by atoms with Gasteiger partial charge in [0.2, 0.25) is 10.0 Å². The molecule has 4 heterocycles. The highest BCUT2D eigenvalue weighted by atomic mass is 32.2. The van der Waals surface area contributed by atoms with E-state index in [1.165, 1.54) is 6.20 Å². The van der Waals surface area contributed by atoms with Crippen LogP contribution in [0, 0.1) is 13.8 Å². The molecule has 1 spiro atoms. The van der Waals surface area contributed by atoms with Gasteiger partial charge in [0, 0.05) is 25.8 Å². The molecule has 0 N–H and O–H groups in total. The molecule has 4 rings (SSSR count). The minimum Gasteiger partial charge on any atom is -0.368 e. The van der Waals surface area contributed by atoms with E-state index in [1.807, 2.05) is 20.0 Å². The Balaban J connectivity index is 1.60. The summed E-state index contributed by atoms with van der Waals surface area (Å²) in [5.41, 5.74) is 2.23. The van der Waals surface area contributed by atoms with Gasteiger partial charge in [-0.25, -0.2) is 18.4 Å². The average Bonchev–Trinajstić information content (AvgIpc) is 3.04. The molecular weight excluding hydrogens is 366 g/mol. The molecule has 2 aliphatic heterocycles. The van der Waals surface area contributed by atoms with Gasteiger partial charge in [-0.05, 0) is 45.6 Å². The lowest BCUT2D eigenvalue weighted by Gasteiger charge is -2.43. The summed E-state index contributed by atoms with van der Waals surface area (Å²) in [5.74, 6) is 0.719. The molecule has 1 saturated heterocycles. The minimum atomic E-state index is -3.56. The van der Waals surface area contributed by atoms with Crippen molar-refractivity contribution in [3.63, 3.8) is 0 Å². The number of hydrogen-bond acceptors (Lipinski definition) is 6. The number of aromatic nitrogens is 4. The fraction of sp³-hybridized carbons (Fsp3) is 0.611. The highest BCUT2D eigenvalue weighted by Gasteiger charge is 2.45. The Morgan fingerprint density at radius 3 is 2.63 bits per heavy atom. The van der Waals surface area contributed by atoms with Crippen molar-refractivity contribution in [2.24, 2.45) is 0 Å². The third-order valence-electron chi connectivity index (χ3n) is 5.67. The summed E-state index contributed by atoms with van der Waals surface area (Å²) >= 11 is 0. The molecule has 0 bridgehead atoms. The number of piperidine rings is 1. The highest BCUT2D eigenvalue weighted by molar-refractivity contribution is 7.89. The van der Waals surface area contributed by atoms with Gasteiger partial charge in [0.25, 0.3) is 0 Å². The van der Waals surface area contributed by atoms with Gasteiger partial charge < -0.3 is 4.74 Å². The van der Waals surface area contributed by atoms with Gasteiger partial charge >= 0.3 is 0 Å². The summed E-state index contributed by atoms with van der Waals surface area (Å²) in [7, 11) is -3.56. The summed E-state index contributed by atoms with van der Waals surface area (Å²) < 4.78 is 35.7. The molecule has 0 aromatic carbocycles. The molecule has 8 nitrogen and oxygen atoms in total. The molecule has 9 heteroatoms. The average molecular weight is 391 g/mol. The van der Waals surface area contributed by atoms with Crippen molar-refractivity contribution < 1.29 is 13.2 Å². The van der Waals surface area contributed by atoms with Crippen molar-refractivity contribution in [1.82, 2.24) is 24.1 Å². The van der Waals surface area contributed by atoms with Gasteiger partial charge in [-0.1, -0.05) is 0 Å². The van der Waals surface area contributed by atoms with Crippen LogP contribution in [0.4, 0.5) is 0 Å². The third kappa shape index (κ3) is 2.97. The zero-order chi connectivity index (χ0) is 19.2. The largest absolute Gasteiger partial charge is 0.368 e. The molecule has 146 valence electrons. The number of ether oxygens (including phenoxy) is 1. The summed E-state index contributed by atoms with van der Waals surface area (Å²) in [6.45, 7) is 7.69. The summed E-state index contributed by atoms with van der Waals surface area (Å²) in [6.07, 6.45) is 5.33. The van der Waals surface area contributed by atoms with Crippen LogP contribution in [0.3, 0.4) is 0 Å². The number of nitrogens with zero attached hydrogens (tertiary/aromatic N) is 5. The molecule has 0 unspecified atom stereocenters. The van der Waals surface area contributed by atoms with Gasteiger partial charge in [-0.15, -0.1) is 0 Å². The maximum Gasteiger partial charge on any atom is 0.246 e. The number of sulfonamides is 1. The predicted molar refractivity (Wildman–Crippen MR) is 98.7 cm³/mol. The van der Waals surface area contributed by atoms with Crippen molar-refractivity contribution in [2.75, 3.05) is 19.7 Å². The van der Waals surface area contributed by atoms with Crippen molar-refractivity contribution in [3.8, 4) is 0 Å². The first-order valence-corrected chi connectivity index (χ1v) is 10.8. The van der Waals surface area contributed by atoms with Crippen LogP contribution in [0.2, 0.25) is 0 Å². The van der Waals surface area contributed by atoms with Gasteiger partial charge in [-0.3, -0.25) is 4.68 Å². The Morgan fingerprint density at radius 1 is 1.22 bits per heavy atom. The Hall–Kier alpha value is -1.84. The lowest BCUT2D eigenvalue weighted by atomic mass is 9.84. The molecule has 2 aromatic heterocycles. The van der Waals surface area contributed by atoms with Crippen LogP contribution in [0.1, 0.15) is 42.5 Å². The van der Waals surface area contributed by atoms with Crippen LogP contribution in [0.15, 0.2) is 17.3 Å². The van der Waals surface area contributed by atoms with Crippen molar-refractivity contribution >= 4 is 10.0 Å². The molecule has 2 aromatic rings. The van der Waals surface area contributed by atoms with Crippen LogP contribution in [0.5, 0.6) is 0 Å². The number of aryl methyl sites for hydroxylation is 2. The lowest BCUT2D eigenvalue weighted by molar-refractivity contribution is -0.0926. The van der Waals surface area contributed by atoms with Crippen LogP contribution in [-0.4, -0.2) is 52.2 Å². The highest BCUT2D eigenvalue weighted by Crippen LogP contribution is 2.41. The summed E-state index contributed by atoms with van der Waals surface area (Å²) in [4.78, 5) is 9.24. The number of hydrogen-bond donors (Lipinski definition) is 0. The van der Waals surface area contributed by atoms with Crippen LogP contribution >= 0.6 is 0 Å². The topological polar surface area (TPSA) is 90.2 Å². The smallest absolute Gasteiger partial charge is 0.246 e. The monoisotopic (exact) mass is 391 g/mol. The molecule has 27 heavy (non-hydrogen) atoms. The normalized spacial score (nSPS) is 20.0. The maximum absolute atomic E-state index is 13.1. The molecular formula is C18H25N5O3S. The first-order chi connectivity index (χ1) is 12.9. The predicted octanol–water partition coefficient (Wildman–Crippen LogP) is 1.56. The fourth-order valence-electron chi connectivity index (χ4n) is 4.11. The van der Waals surface area contributed by atoms with Crippen molar-refractivity contribution in [1.29, 1.82) is 0 Å². The lowest BCUT2D eigenvalue weighted by Crippen LogP contribution is -2.49. The zero-order valence-electron chi connectivity index (χ0n) is 16.0. The van der Waals surface area contributed by atoms with E-state index < -0.39 is 15.6 Å². The summed E-state index contributed by atoms with van der Waals surface area (Å²) in [6, 6.07) is 0. The van der Waals surface area contributed by atoms with E-state index >= 15 is 0 Å². The Labute approximate surface area is 159 Å². The zero-order valence-corrected chi connectivity index (χ0v) is 16.8. The Morgan fingerprint density at radius 2 is 1.96 bits per heavy atom. The SMILES string of the molecule is CCn1ncc(S(=O)(=O)N2CCC3(CC2)OCCc2cnc(C)nc23)c1C. The van der Waals surface area contributed by atoms with Crippen molar-refractivity contribution in [3.05, 3.63) is 35.2 Å². The van der Waals surface area contributed by atoms with Gasteiger partial charge in [0.05, 0.1) is 24.2 Å². The number of rotatable bonds is 3. The van der Waals surface area contributed by atoms with Crippen LogP contribution in [-0.2, 0) is 33.3 Å². The van der Waals surface area contributed by atoms with Gasteiger partial charge in [0.1, 0.15) is 16.3 Å². The van der Waals surface area contributed by atoms with E-state index in [0.29, 0.717) is 49.7 Å². The van der Waals surface area contributed by atoms with E-state index in [1.54, 1.807) is 15.9 Å². The quantitative estimate of drug-likeness (QED) is 0.789. The Bertz CT molecular complexity index is 961. The molecule has 1 fully saturated rings. The van der Waals surface area contributed by atoms with E-state index in [0.717, 1.165) is 23.5 Å². The van der Waals surface area contributed by atoms with E-state index in [4.69, 9.17) is 4.74 Å². The van der Waals surface area contributed by atoms with Gasteiger partial charge in [0.15, 0.2) is 0 Å². The second-order valence-corrected chi connectivity index (χ2v) is 9.10. The molecule has 0 saturated carbocycles.